The molecule has 1 unspecified atom stereocenters. The predicted molar refractivity (Wildman–Crippen MR) is 79.2 cm³/mol. The van der Waals surface area contributed by atoms with E-state index in [0.29, 0.717) is 11.8 Å². The molecule has 1 aliphatic heterocycles. The van der Waals surface area contributed by atoms with E-state index in [4.69, 9.17) is 4.74 Å². The van der Waals surface area contributed by atoms with Crippen LogP contribution in [-0.4, -0.2) is 11.9 Å². The van der Waals surface area contributed by atoms with Gasteiger partial charge in [0.15, 0.2) is 0 Å². The van der Waals surface area contributed by atoms with Gasteiger partial charge >= 0.3 is 0 Å². The average molecular weight is 362 g/mol. The fourth-order valence-corrected chi connectivity index (χ4v) is 3.78. The summed E-state index contributed by atoms with van der Waals surface area (Å²) >= 11 is 7.22. The molecule has 1 aliphatic rings. The Morgan fingerprint density at radius 2 is 2.12 bits per heavy atom. The second-order valence-corrected chi connectivity index (χ2v) is 6.58. The summed E-state index contributed by atoms with van der Waals surface area (Å²) in [7, 11) is 0. The van der Waals surface area contributed by atoms with Gasteiger partial charge in [-0.1, -0.05) is 45.7 Å². The molecule has 0 aliphatic carbocycles. The van der Waals surface area contributed by atoms with Gasteiger partial charge in [0.1, 0.15) is 5.75 Å². The van der Waals surface area contributed by atoms with Gasteiger partial charge in [0, 0.05) is 16.2 Å². The van der Waals surface area contributed by atoms with Crippen molar-refractivity contribution in [3.8, 4) is 5.75 Å². The summed E-state index contributed by atoms with van der Waals surface area (Å²) in [5.41, 5.74) is 2.71. The molecule has 0 amide bonds. The second kappa shape index (κ2) is 5.75. The molecule has 0 saturated heterocycles. The number of fused-ring (bicyclic) bond motifs is 1. The Hall–Kier alpha value is -0.0200. The van der Waals surface area contributed by atoms with E-state index in [1.165, 1.54) is 15.6 Å². The largest absolute Gasteiger partial charge is 0.493 e. The Balaban J connectivity index is 2.26. The lowest BCUT2D eigenvalue weighted by molar-refractivity contribution is 0.347. The molecule has 0 fully saturated rings. The molecule has 1 atom stereocenters. The zero-order chi connectivity index (χ0) is 12.4. The number of benzene rings is 1. The van der Waals surface area contributed by atoms with Crippen LogP contribution in [0.4, 0.5) is 0 Å². The van der Waals surface area contributed by atoms with Gasteiger partial charge in [0.25, 0.3) is 0 Å². The standard InChI is InChI=1S/C14H18Br2O/c1-9(2)12(8-15)5-11-7-13(16)6-10-3-4-17-14(10)11/h6-7,9,12H,3-5,8H2,1-2H3. The molecule has 1 heterocycles. The zero-order valence-corrected chi connectivity index (χ0v) is 13.5. The highest BCUT2D eigenvalue weighted by atomic mass is 79.9. The van der Waals surface area contributed by atoms with Crippen LogP contribution in [0.2, 0.25) is 0 Å². The summed E-state index contributed by atoms with van der Waals surface area (Å²) in [5, 5.41) is 1.05. The van der Waals surface area contributed by atoms with Crippen LogP contribution >= 0.6 is 31.9 Å². The summed E-state index contributed by atoms with van der Waals surface area (Å²) in [6, 6.07) is 4.40. The average Bonchev–Trinajstić information content (AvgIpc) is 2.72. The molecule has 0 saturated carbocycles. The van der Waals surface area contributed by atoms with Crippen molar-refractivity contribution in [2.45, 2.75) is 26.7 Å². The van der Waals surface area contributed by atoms with Gasteiger partial charge < -0.3 is 4.74 Å². The Kier molecular flexibility index (Phi) is 4.53. The lowest BCUT2D eigenvalue weighted by Crippen LogP contribution is -2.14. The number of hydrogen-bond donors (Lipinski definition) is 0. The topological polar surface area (TPSA) is 9.23 Å². The van der Waals surface area contributed by atoms with E-state index in [-0.39, 0.29) is 0 Å². The molecule has 0 radical (unpaired) electrons. The third kappa shape index (κ3) is 3.05. The number of ether oxygens (including phenoxy) is 1. The molecule has 0 N–H and O–H groups in total. The summed E-state index contributed by atoms with van der Waals surface area (Å²) in [4.78, 5) is 0. The smallest absolute Gasteiger partial charge is 0.125 e. The molecule has 94 valence electrons. The molecule has 2 rings (SSSR count). The van der Waals surface area contributed by atoms with Crippen LogP contribution in [0.1, 0.15) is 25.0 Å². The van der Waals surface area contributed by atoms with E-state index in [2.05, 4.69) is 57.8 Å². The minimum atomic E-state index is 0.664. The third-order valence-corrected chi connectivity index (χ3v) is 4.74. The fraction of sp³-hybridized carbons (Fsp3) is 0.571. The van der Waals surface area contributed by atoms with Crippen LogP contribution < -0.4 is 4.74 Å². The van der Waals surface area contributed by atoms with Crippen molar-refractivity contribution in [3.05, 3.63) is 27.7 Å². The van der Waals surface area contributed by atoms with Crippen molar-refractivity contribution in [2.24, 2.45) is 11.8 Å². The molecule has 0 aromatic heterocycles. The van der Waals surface area contributed by atoms with Crippen LogP contribution in [0.5, 0.6) is 5.75 Å². The normalized spacial score (nSPS) is 15.8. The maximum atomic E-state index is 5.77. The Labute approximate surface area is 120 Å². The molecular weight excluding hydrogens is 344 g/mol. The second-order valence-electron chi connectivity index (χ2n) is 5.01. The van der Waals surface area contributed by atoms with E-state index in [1.807, 2.05) is 0 Å². The lowest BCUT2D eigenvalue weighted by Gasteiger charge is -2.19. The lowest BCUT2D eigenvalue weighted by atomic mass is 9.90. The maximum absolute atomic E-state index is 5.77. The van der Waals surface area contributed by atoms with Gasteiger partial charge in [-0.2, -0.15) is 0 Å². The summed E-state index contributed by atoms with van der Waals surface area (Å²) in [6.07, 6.45) is 2.13. The van der Waals surface area contributed by atoms with E-state index < -0.39 is 0 Å². The van der Waals surface area contributed by atoms with Crippen LogP contribution in [-0.2, 0) is 12.8 Å². The molecule has 1 aromatic carbocycles. The SMILES string of the molecule is CC(C)C(CBr)Cc1cc(Br)cc2c1OCC2. The molecule has 3 heteroatoms. The predicted octanol–water partition coefficient (Wildman–Crippen LogP) is 4.59. The number of hydrogen-bond acceptors (Lipinski definition) is 1. The molecule has 0 bridgehead atoms. The summed E-state index contributed by atoms with van der Waals surface area (Å²) in [5.74, 6) is 2.49. The maximum Gasteiger partial charge on any atom is 0.125 e. The van der Waals surface area contributed by atoms with Crippen LogP contribution in [0.25, 0.3) is 0 Å². The van der Waals surface area contributed by atoms with E-state index in [9.17, 15) is 0 Å². The highest BCUT2D eigenvalue weighted by Gasteiger charge is 2.21. The van der Waals surface area contributed by atoms with Gasteiger partial charge in [-0.05, 0) is 41.5 Å². The molecule has 1 nitrogen and oxygen atoms in total. The first-order valence-electron chi connectivity index (χ1n) is 6.12. The molecule has 0 spiro atoms. The van der Waals surface area contributed by atoms with E-state index in [1.54, 1.807) is 0 Å². The van der Waals surface area contributed by atoms with Gasteiger partial charge in [0.05, 0.1) is 6.61 Å². The van der Waals surface area contributed by atoms with Crippen molar-refractivity contribution in [1.29, 1.82) is 0 Å². The first kappa shape index (κ1) is 13.4. The summed E-state index contributed by atoms with van der Waals surface area (Å²) in [6.45, 7) is 5.40. The van der Waals surface area contributed by atoms with E-state index in [0.717, 1.165) is 30.5 Å². The van der Waals surface area contributed by atoms with Gasteiger partial charge in [-0.25, -0.2) is 0 Å². The molecule has 17 heavy (non-hydrogen) atoms. The Morgan fingerprint density at radius 3 is 2.76 bits per heavy atom. The van der Waals surface area contributed by atoms with Gasteiger partial charge in [0.2, 0.25) is 0 Å². The van der Waals surface area contributed by atoms with Crippen LogP contribution in [0.15, 0.2) is 16.6 Å². The third-order valence-electron chi connectivity index (χ3n) is 3.45. The van der Waals surface area contributed by atoms with Crippen molar-refractivity contribution >= 4 is 31.9 Å². The van der Waals surface area contributed by atoms with Crippen LogP contribution in [0, 0.1) is 11.8 Å². The highest BCUT2D eigenvalue weighted by molar-refractivity contribution is 9.10. The first-order chi connectivity index (χ1) is 8.11. The number of halogens is 2. The van der Waals surface area contributed by atoms with E-state index >= 15 is 0 Å². The minimum absolute atomic E-state index is 0.664. The van der Waals surface area contributed by atoms with Crippen LogP contribution in [0.3, 0.4) is 0 Å². The Bertz CT molecular complexity index is 401. The quantitative estimate of drug-likeness (QED) is 0.712. The first-order valence-corrected chi connectivity index (χ1v) is 8.03. The fourth-order valence-electron chi connectivity index (χ4n) is 2.25. The number of alkyl halides is 1. The van der Waals surface area contributed by atoms with Gasteiger partial charge in [-0.3, -0.25) is 0 Å². The van der Waals surface area contributed by atoms with Gasteiger partial charge in [-0.15, -0.1) is 0 Å². The monoisotopic (exact) mass is 360 g/mol. The highest BCUT2D eigenvalue weighted by Crippen LogP contribution is 2.35. The summed E-state index contributed by atoms with van der Waals surface area (Å²) < 4.78 is 6.95. The zero-order valence-electron chi connectivity index (χ0n) is 10.3. The van der Waals surface area contributed by atoms with Crippen molar-refractivity contribution in [2.75, 3.05) is 11.9 Å². The van der Waals surface area contributed by atoms with Crippen molar-refractivity contribution in [1.82, 2.24) is 0 Å². The van der Waals surface area contributed by atoms with Crippen molar-refractivity contribution in [3.63, 3.8) is 0 Å². The molecular formula is C14H18Br2O. The minimum Gasteiger partial charge on any atom is -0.493 e. The van der Waals surface area contributed by atoms with Crippen molar-refractivity contribution < 1.29 is 4.74 Å². The Morgan fingerprint density at radius 1 is 1.35 bits per heavy atom. The number of rotatable bonds is 4. The molecule has 1 aromatic rings.